The molecule has 4 aliphatic carbocycles. The fourth-order valence-corrected chi connectivity index (χ4v) is 6.50. The van der Waals surface area contributed by atoms with E-state index in [0.717, 1.165) is 25.7 Å². The summed E-state index contributed by atoms with van der Waals surface area (Å²) in [6.07, 6.45) is 19.3. The third-order valence-electron chi connectivity index (χ3n) is 7.59. The van der Waals surface area contributed by atoms with Gasteiger partial charge in [-0.2, -0.15) is 0 Å². The smallest absolute Gasteiger partial charge is 0.139 e. The van der Waals surface area contributed by atoms with Crippen LogP contribution in [-0.2, 0) is 4.79 Å². The van der Waals surface area contributed by atoms with Crippen LogP contribution in [0.3, 0.4) is 0 Å². The van der Waals surface area contributed by atoms with Crippen molar-refractivity contribution in [3.63, 3.8) is 0 Å². The molecule has 1 heteroatoms. The number of carbonyl (C=O) groups excluding carboxylic acids is 1. The van der Waals surface area contributed by atoms with Gasteiger partial charge in [-0.15, -0.1) is 12.3 Å². The second kappa shape index (κ2) is 5.10. The first-order chi connectivity index (χ1) is 11.0. The minimum atomic E-state index is -0.0961. The zero-order chi connectivity index (χ0) is 16.2. The molecule has 0 bridgehead atoms. The lowest BCUT2D eigenvalue weighted by atomic mass is 9.49. The van der Waals surface area contributed by atoms with Gasteiger partial charge in [0.15, 0.2) is 0 Å². The van der Waals surface area contributed by atoms with Crippen molar-refractivity contribution in [2.24, 2.45) is 28.6 Å². The van der Waals surface area contributed by atoms with Crippen molar-refractivity contribution in [2.45, 2.75) is 65.2 Å². The van der Waals surface area contributed by atoms with Gasteiger partial charge < -0.3 is 0 Å². The molecule has 0 heterocycles. The topological polar surface area (TPSA) is 17.1 Å². The normalized spacial score (nSPS) is 45.3. The highest BCUT2D eigenvalue weighted by Gasteiger charge is 2.57. The van der Waals surface area contributed by atoms with Crippen LogP contribution < -0.4 is 0 Å². The maximum absolute atomic E-state index is 12.5. The highest BCUT2D eigenvalue weighted by Crippen LogP contribution is 2.64. The summed E-state index contributed by atoms with van der Waals surface area (Å²) in [5.41, 5.74) is 3.28. The molecule has 0 aromatic heterocycles. The SMILES string of the molecule is C#CC[C@]12CCCC=C1[C@@H](C)CC1C2=CCC2(C)C(=O)CCC12. The van der Waals surface area contributed by atoms with E-state index in [1.807, 2.05) is 0 Å². The van der Waals surface area contributed by atoms with Crippen LogP contribution in [0.15, 0.2) is 23.3 Å². The Morgan fingerprint density at radius 2 is 2.17 bits per heavy atom. The molecule has 0 amide bonds. The van der Waals surface area contributed by atoms with Gasteiger partial charge in [-0.25, -0.2) is 0 Å². The van der Waals surface area contributed by atoms with Gasteiger partial charge in [0, 0.05) is 23.7 Å². The van der Waals surface area contributed by atoms with Crippen molar-refractivity contribution in [3.8, 4) is 12.3 Å². The first-order valence-corrected chi connectivity index (χ1v) is 9.41. The minimum absolute atomic E-state index is 0.0961. The quantitative estimate of drug-likeness (QED) is 0.488. The summed E-state index contributed by atoms with van der Waals surface area (Å²) >= 11 is 0. The van der Waals surface area contributed by atoms with Crippen molar-refractivity contribution < 1.29 is 4.79 Å². The average molecular weight is 308 g/mol. The maximum atomic E-state index is 12.5. The van der Waals surface area contributed by atoms with Crippen LogP contribution in [0.4, 0.5) is 0 Å². The lowest BCUT2D eigenvalue weighted by Gasteiger charge is -2.55. The molecule has 4 aliphatic rings. The second-order valence-electron chi connectivity index (χ2n) is 8.61. The molecule has 0 spiro atoms. The lowest BCUT2D eigenvalue weighted by Crippen LogP contribution is -2.47. The second-order valence-corrected chi connectivity index (χ2v) is 8.61. The zero-order valence-electron chi connectivity index (χ0n) is 14.5. The fourth-order valence-electron chi connectivity index (χ4n) is 6.50. The van der Waals surface area contributed by atoms with Crippen LogP contribution in [0.25, 0.3) is 0 Å². The summed E-state index contributed by atoms with van der Waals surface area (Å²) in [6.45, 7) is 4.62. The molecule has 122 valence electrons. The number of terminal acetylenes is 1. The van der Waals surface area contributed by atoms with E-state index in [1.165, 1.54) is 25.7 Å². The van der Waals surface area contributed by atoms with Gasteiger partial charge >= 0.3 is 0 Å². The summed E-state index contributed by atoms with van der Waals surface area (Å²) in [4.78, 5) is 12.5. The Morgan fingerprint density at radius 3 is 2.96 bits per heavy atom. The molecule has 23 heavy (non-hydrogen) atoms. The van der Waals surface area contributed by atoms with Gasteiger partial charge in [-0.05, 0) is 56.3 Å². The predicted octanol–water partition coefficient (Wildman–Crippen LogP) is 5.08. The Morgan fingerprint density at radius 1 is 1.35 bits per heavy atom. The highest BCUT2D eigenvalue weighted by molar-refractivity contribution is 5.87. The van der Waals surface area contributed by atoms with Gasteiger partial charge in [0.05, 0.1) is 0 Å². The van der Waals surface area contributed by atoms with E-state index in [2.05, 4.69) is 31.9 Å². The van der Waals surface area contributed by atoms with E-state index in [1.54, 1.807) is 11.1 Å². The number of fused-ring (bicyclic) bond motifs is 5. The number of hydrogen-bond acceptors (Lipinski definition) is 1. The highest BCUT2D eigenvalue weighted by atomic mass is 16.1. The average Bonchev–Trinajstić information content (AvgIpc) is 2.84. The van der Waals surface area contributed by atoms with Crippen molar-refractivity contribution in [2.75, 3.05) is 0 Å². The number of rotatable bonds is 1. The van der Waals surface area contributed by atoms with Crippen LogP contribution in [0.1, 0.15) is 65.2 Å². The number of hydrogen-bond donors (Lipinski definition) is 0. The van der Waals surface area contributed by atoms with Gasteiger partial charge in [-0.1, -0.05) is 37.1 Å². The molecule has 1 nitrogen and oxygen atoms in total. The minimum Gasteiger partial charge on any atom is -0.299 e. The molecular formula is C22H28O. The first kappa shape index (κ1) is 15.3. The Balaban J connectivity index is 1.84. The van der Waals surface area contributed by atoms with Crippen molar-refractivity contribution >= 4 is 5.78 Å². The number of allylic oxidation sites excluding steroid dienone is 4. The Hall–Kier alpha value is -1.29. The maximum Gasteiger partial charge on any atom is 0.139 e. The Bertz CT molecular complexity index is 645. The predicted molar refractivity (Wildman–Crippen MR) is 93.6 cm³/mol. The summed E-state index contributed by atoms with van der Waals surface area (Å²) < 4.78 is 0. The molecule has 2 fully saturated rings. The molecule has 0 N–H and O–H groups in total. The van der Waals surface area contributed by atoms with E-state index in [9.17, 15) is 4.79 Å². The summed E-state index contributed by atoms with van der Waals surface area (Å²) in [7, 11) is 0. The third-order valence-corrected chi connectivity index (χ3v) is 7.59. The molecular weight excluding hydrogens is 280 g/mol. The van der Waals surface area contributed by atoms with E-state index in [4.69, 9.17) is 6.42 Å². The molecule has 3 unspecified atom stereocenters. The fraction of sp³-hybridized carbons (Fsp3) is 0.682. The van der Waals surface area contributed by atoms with E-state index < -0.39 is 0 Å². The Kier molecular flexibility index (Phi) is 3.38. The molecule has 5 atom stereocenters. The van der Waals surface area contributed by atoms with Crippen LogP contribution in [0.5, 0.6) is 0 Å². The van der Waals surface area contributed by atoms with Gasteiger partial charge in [0.1, 0.15) is 5.78 Å². The van der Waals surface area contributed by atoms with Crippen molar-refractivity contribution in [1.82, 2.24) is 0 Å². The first-order valence-electron chi connectivity index (χ1n) is 9.41. The van der Waals surface area contributed by atoms with Crippen molar-refractivity contribution in [1.29, 1.82) is 0 Å². The molecule has 0 aromatic rings. The molecule has 4 rings (SSSR count). The monoisotopic (exact) mass is 308 g/mol. The van der Waals surface area contributed by atoms with E-state index in [-0.39, 0.29) is 10.8 Å². The standard InChI is InChI=1S/C22H28O/c1-4-11-22-12-6-5-7-17(22)15(2)14-16-18-8-9-20(23)21(18,3)13-10-19(16)22/h1,7,10,15-16,18H,5-6,8-9,11-14H2,2-3H3/t15-,16?,18?,21?,22-/m0/s1. The largest absolute Gasteiger partial charge is 0.299 e. The van der Waals surface area contributed by atoms with Gasteiger partial charge in [-0.3, -0.25) is 4.79 Å². The van der Waals surface area contributed by atoms with Crippen molar-refractivity contribution in [3.05, 3.63) is 23.3 Å². The zero-order valence-corrected chi connectivity index (χ0v) is 14.5. The molecule has 2 saturated carbocycles. The van der Waals surface area contributed by atoms with Gasteiger partial charge in [0.25, 0.3) is 0 Å². The van der Waals surface area contributed by atoms with Crippen LogP contribution in [-0.4, -0.2) is 5.78 Å². The molecule has 0 aromatic carbocycles. The summed E-state index contributed by atoms with van der Waals surface area (Å²) in [5, 5.41) is 0. The van der Waals surface area contributed by atoms with E-state index in [0.29, 0.717) is 23.5 Å². The Labute approximate surface area is 140 Å². The number of Topliss-reactive ketones (excluding diaryl/α,β-unsaturated/α-hetero) is 1. The summed E-state index contributed by atoms with van der Waals surface area (Å²) in [5.74, 6) is 5.26. The van der Waals surface area contributed by atoms with Crippen LogP contribution in [0, 0.1) is 40.9 Å². The lowest BCUT2D eigenvalue weighted by molar-refractivity contribution is -0.127. The molecule has 0 radical (unpaired) electrons. The molecule has 0 saturated heterocycles. The molecule has 0 aliphatic heterocycles. The van der Waals surface area contributed by atoms with E-state index >= 15 is 0 Å². The van der Waals surface area contributed by atoms with Crippen LogP contribution in [0.2, 0.25) is 0 Å². The number of carbonyl (C=O) groups is 1. The third kappa shape index (κ3) is 1.90. The number of ketones is 1. The van der Waals surface area contributed by atoms with Gasteiger partial charge in [0.2, 0.25) is 0 Å². The summed E-state index contributed by atoms with van der Waals surface area (Å²) in [6, 6.07) is 0. The van der Waals surface area contributed by atoms with Crippen LogP contribution >= 0.6 is 0 Å².